The average Bonchev–Trinajstić information content (AvgIpc) is 2.48. The number of benzene rings is 1. The number of halogens is 1. The van der Waals surface area contributed by atoms with Gasteiger partial charge in [-0.25, -0.2) is 0 Å². The summed E-state index contributed by atoms with van der Waals surface area (Å²) in [7, 11) is 3.80. The van der Waals surface area contributed by atoms with Gasteiger partial charge < -0.3 is 19.7 Å². The molecule has 0 spiro atoms. The van der Waals surface area contributed by atoms with E-state index in [9.17, 15) is 0 Å². The van der Waals surface area contributed by atoms with Crippen molar-refractivity contribution in [2.24, 2.45) is 0 Å². The highest BCUT2D eigenvalue weighted by Crippen LogP contribution is 2.23. The normalized spacial score (nSPS) is 10.6. The zero-order valence-corrected chi connectivity index (χ0v) is 14.3. The summed E-state index contributed by atoms with van der Waals surface area (Å²) in [6.07, 6.45) is 5.24. The molecule has 0 aliphatic heterocycles. The zero-order chi connectivity index (χ0) is 15.5. The molecule has 0 saturated heterocycles. The largest absolute Gasteiger partial charge is 0.481 e. The lowest BCUT2D eigenvalue weighted by Gasteiger charge is -2.17. The SMILES string of the molecule is C#CCOc1ccc(Br)cc1CNCCN(C)CCOC. The maximum absolute atomic E-state index is 5.55. The van der Waals surface area contributed by atoms with Crippen molar-refractivity contribution in [3.05, 3.63) is 28.2 Å². The van der Waals surface area contributed by atoms with Crippen molar-refractivity contribution in [1.29, 1.82) is 0 Å². The van der Waals surface area contributed by atoms with Crippen LogP contribution in [-0.2, 0) is 11.3 Å². The van der Waals surface area contributed by atoms with Crippen LogP contribution >= 0.6 is 15.9 Å². The van der Waals surface area contributed by atoms with Gasteiger partial charge in [0.15, 0.2) is 0 Å². The van der Waals surface area contributed by atoms with Gasteiger partial charge in [0.1, 0.15) is 12.4 Å². The molecule has 0 fully saturated rings. The summed E-state index contributed by atoms with van der Waals surface area (Å²) in [5.41, 5.74) is 1.10. The first-order chi connectivity index (χ1) is 10.2. The summed E-state index contributed by atoms with van der Waals surface area (Å²) in [6, 6.07) is 5.94. The molecule has 4 nitrogen and oxygen atoms in total. The van der Waals surface area contributed by atoms with Crippen molar-refractivity contribution in [3.63, 3.8) is 0 Å². The third-order valence-electron chi connectivity index (χ3n) is 3.00. The second-order valence-electron chi connectivity index (χ2n) is 4.72. The monoisotopic (exact) mass is 354 g/mol. The van der Waals surface area contributed by atoms with E-state index < -0.39 is 0 Å². The molecule has 0 amide bonds. The van der Waals surface area contributed by atoms with Crippen LogP contribution in [0.15, 0.2) is 22.7 Å². The van der Waals surface area contributed by atoms with Gasteiger partial charge in [-0.2, -0.15) is 0 Å². The van der Waals surface area contributed by atoms with E-state index in [-0.39, 0.29) is 6.61 Å². The number of methoxy groups -OCH3 is 1. The minimum atomic E-state index is 0.286. The minimum Gasteiger partial charge on any atom is -0.481 e. The van der Waals surface area contributed by atoms with Crippen LogP contribution in [0.5, 0.6) is 5.75 Å². The number of likely N-dealkylation sites (N-methyl/N-ethyl adjacent to an activating group) is 1. The third kappa shape index (κ3) is 7.49. The summed E-state index contributed by atoms with van der Waals surface area (Å²) in [5.74, 6) is 3.32. The number of nitrogens with one attached hydrogen (secondary N) is 1. The lowest BCUT2D eigenvalue weighted by atomic mass is 10.2. The van der Waals surface area contributed by atoms with Gasteiger partial charge in [-0.05, 0) is 25.2 Å². The molecule has 0 radical (unpaired) electrons. The summed E-state index contributed by atoms with van der Waals surface area (Å²) in [5, 5.41) is 3.42. The average molecular weight is 355 g/mol. The maximum atomic E-state index is 5.55. The van der Waals surface area contributed by atoms with E-state index in [0.717, 1.165) is 48.6 Å². The van der Waals surface area contributed by atoms with Gasteiger partial charge in [0.2, 0.25) is 0 Å². The smallest absolute Gasteiger partial charge is 0.148 e. The molecule has 21 heavy (non-hydrogen) atoms. The first kappa shape index (κ1) is 18.0. The Hall–Kier alpha value is -1.06. The second kappa shape index (κ2) is 10.6. The molecule has 116 valence electrons. The number of ether oxygens (including phenoxy) is 2. The molecular weight excluding hydrogens is 332 g/mol. The fourth-order valence-corrected chi connectivity index (χ4v) is 2.21. The summed E-state index contributed by atoms with van der Waals surface area (Å²) in [6.45, 7) is 4.60. The molecule has 0 bridgehead atoms. The molecule has 0 unspecified atom stereocenters. The van der Waals surface area contributed by atoms with Crippen LogP contribution in [0.25, 0.3) is 0 Å². The first-order valence-corrected chi connectivity index (χ1v) is 7.69. The predicted octanol–water partition coefficient (Wildman–Crippen LogP) is 2.13. The van der Waals surface area contributed by atoms with Gasteiger partial charge in [-0.3, -0.25) is 0 Å². The Balaban J connectivity index is 2.40. The van der Waals surface area contributed by atoms with Crippen molar-refractivity contribution in [1.82, 2.24) is 10.2 Å². The lowest BCUT2D eigenvalue weighted by Crippen LogP contribution is -2.31. The third-order valence-corrected chi connectivity index (χ3v) is 3.49. The Morgan fingerprint density at radius 2 is 2.19 bits per heavy atom. The Bertz CT molecular complexity index is 460. The van der Waals surface area contributed by atoms with Crippen LogP contribution in [0.3, 0.4) is 0 Å². The Morgan fingerprint density at radius 1 is 1.38 bits per heavy atom. The van der Waals surface area contributed by atoms with Crippen LogP contribution in [0.4, 0.5) is 0 Å². The topological polar surface area (TPSA) is 33.7 Å². The van der Waals surface area contributed by atoms with Gasteiger partial charge in [-0.1, -0.05) is 21.9 Å². The summed E-state index contributed by atoms with van der Waals surface area (Å²) < 4.78 is 11.6. The van der Waals surface area contributed by atoms with Crippen molar-refractivity contribution in [2.45, 2.75) is 6.54 Å². The number of hydrogen-bond donors (Lipinski definition) is 1. The number of terminal acetylenes is 1. The fraction of sp³-hybridized carbons (Fsp3) is 0.500. The molecule has 0 saturated carbocycles. The van der Waals surface area contributed by atoms with Crippen LogP contribution in [0.2, 0.25) is 0 Å². The molecule has 1 aromatic rings. The standard InChI is InChI=1S/C16H23BrN2O2/c1-4-10-21-16-6-5-15(17)12-14(16)13-18-7-8-19(2)9-11-20-3/h1,5-6,12,18H,7-11,13H2,2-3H3. The highest BCUT2D eigenvalue weighted by Gasteiger charge is 2.05. The van der Waals surface area contributed by atoms with Gasteiger partial charge in [0.05, 0.1) is 6.61 Å². The van der Waals surface area contributed by atoms with E-state index in [1.165, 1.54) is 0 Å². The maximum Gasteiger partial charge on any atom is 0.148 e. The van der Waals surface area contributed by atoms with Crippen molar-refractivity contribution >= 4 is 15.9 Å². The number of nitrogens with zero attached hydrogens (tertiary/aromatic N) is 1. The summed E-state index contributed by atoms with van der Waals surface area (Å²) >= 11 is 3.48. The van der Waals surface area contributed by atoms with Gasteiger partial charge >= 0.3 is 0 Å². The van der Waals surface area contributed by atoms with E-state index in [1.54, 1.807) is 7.11 Å². The van der Waals surface area contributed by atoms with E-state index in [4.69, 9.17) is 15.9 Å². The first-order valence-electron chi connectivity index (χ1n) is 6.90. The highest BCUT2D eigenvalue weighted by atomic mass is 79.9. The number of rotatable bonds is 10. The zero-order valence-electron chi connectivity index (χ0n) is 12.7. The van der Waals surface area contributed by atoms with Gasteiger partial charge in [0, 0.05) is 43.3 Å². The van der Waals surface area contributed by atoms with E-state index in [2.05, 4.69) is 39.1 Å². The highest BCUT2D eigenvalue weighted by molar-refractivity contribution is 9.10. The molecule has 5 heteroatoms. The molecular formula is C16H23BrN2O2. The Kier molecular flexibility index (Phi) is 9.11. The van der Waals surface area contributed by atoms with E-state index in [1.807, 2.05) is 18.2 Å². The molecule has 0 heterocycles. The van der Waals surface area contributed by atoms with Crippen LogP contribution in [0, 0.1) is 12.3 Å². The van der Waals surface area contributed by atoms with Crippen molar-refractivity contribution < 1.29 is 9.47 Å². The summed E-state index contributed by atoms with van der Waals surface area (Å²) in [4.78, 5) is 2.23. The predicted molar refractivity (Wildman–Crippen MR) is 89.5 cm³/mol. The van der Waals surface area contributed by atoms with Gasteiger partial charge in [-0.15, -0.1) is 6.42 Å². The molecule has 1 aromatic carbocycles. The lowest BCUT2D eigenvalue weighted by molar-refractivity contribution is 0.161. The van der Waals surface area contributed by atoms with Crippen LogP contribution in [-0.4, -0.2) is 51.9 Å². The Morgan fingerprint density at radius 3 is 2.90 bits per heavy atom. The molecule has 1 N–H and O–H groups in total. The van der Waals surface area contributed by atoms with Crippen molar-refractivity contribution in [2.75, 3.05) is 47.0 Å². The van der Waals surface area contributed by atoms with Crippen LogP contribution < -0.4 is 10.1 Å². The Labute approximate surface area is 135 Å². The molecule has 0 aliphatic rings. The molecule has 0 atom stereocenters. The molecule has 0 aliphatic carbocycles. The van der Waals surface area contributed by atoms with E-state index >= 15 is 0 Å². The fourth-order valence-electron chi connectivity index (χ4n) is 1.80. The van der Waals surface area contributed by atoms with E-state index in [0.29, 0.717) is 0 Å². The van der Waals surface area contributed by atoms with Crippen molar-refractivity contribution in [3.8, 4) is 18.1 Å². The van der Waals surface area contributed by atoms with Crippen LogP contribution in [0.1, 0.15) is 5.56 Å². The van der Waals surface area contributed by atoms with Gasteiger partial charge in [0.25, 0.3) is 0 Å². The molecule has 0 aromatic heterocycles. The second-order valence-corrected chi connectivity index (χ2v) is 5.63. The molecule has 1 rings (SSSR count). The minimum absolute atomic E-state index is 0.286. The number of hydrogen-bond acceptors (Lipinski definition) is 4. The quantitative estimate of drug-likeness (QED) is 0.515.